The van der Waals surface area contributed by atoms with Gasteiger partial charge in [-0.1, -0.05) is 12.1 Å². The molecule has 90 valence electrons. The highest BCUT2D eigenvalue weighted by atomic mass is 32.1. The Bertz CT molecular complexity index is 572. The monoisotopic (exact) mass is 260 g/mol. The van der Waals surface area contributed by atoms with Gasteiger partial charge < -0.3 is 5.11 Å². The smallest absolute Gasteiger partial charge is 0.417 e. The molecule has 0 fully saturated rings. The number of carboxylic acid groups (broad SMARTS) is 1. The summed E-state index contributed by atoms with van der Waals surface area (Å²) in [5.41, 5.74) is -0.711. The van der Waals surface area contributed by atoms with E-state index in [1.807, 2.05) is 0 Å². The fourth-order valence-corrected chi connectivity index (χ4v) is 2.76. The minimum absolute atomic E-state index is 0.0938. The van der Waals surface area contributed by atoms with Gasteiger partial charge in [0.1, 0.15) is 0 Å². The molecule has 0 saturated carbocycles. The zero-order valence-corrected chi connectivity index (χ0v) is 9.23. The van der Waals surface area contributed by atoms with Gasteiger partial charge in [-0.25, -0.2) is 0 Å². The van der Waals surface area contributed by atoms with Crippen molar-refractivity contribution in [3.8, 4) is 0 Å². The molecule has 0 atom stereocenters. The molecule has 17 heavy (non-hydrogen) atoms. The number of benzene rings is 1. The molecule has 0 saturated heterocycles. The number of carboxylic acids is 1. The van der Waals surface area contributed by atoms with Gasteiger partial charge in [0, 0.05) is 9.58 Å². The van der Waals surface area contributed by atoms with E-state index < -0.39 is 17.7 Å². The molecule has 0 aliphatic carbocycles. The average Bonchev–Trinajstić information content (AvgIpc) is 2.55. The first kappa shape index (κ1) is 11.9. The van der Waals surface area contributed by atoms with E-state index in [0.29, 0.717) is 10.3 Å². The number of aliphatic carboxylic acids is 1. The third-order valence-corrected chi connectivity index (χ3v) is 3.41. The standard InChI is InChI=1S/C11H7F3O2S/c12-11(13,14)8-3-1-2-6-4-7(5-9(15)16)17-10(6)8/h1-4H,5H2,(H,15,16). The molecule has 2 nitrogen and oxygen atoms in total. The number of hydrogen-bond donors (Lipinski definition) is 1. The van der Waals surface area contributed by atoms with Crippen LogP contribution in [0, 0.1) is 0 Å². The van der Waals surface area contributed by atoms with E-state index in [9.17, 15) is 18.0 Å². The van der Waals surface area contributed by atoms with Gasteiger partial charge in [-0.15, -0.1) is 11.3 Å². The molecular weight excluding hydrogens is 253 g/mol. The molecule has 0 unspecified atom stereocenters. The first-order valence-corrected chi connectivity index (χ1v) is 5.50. The van der Waals surface area contributed by atoms with E-state index in [0.717, 1.165) is 17.4 Å². The van der Waals surface area contributed by atoms with Crippen molar-refractivity contribution in [1.82, 2.24) is 0 Å². The number of alkyl halides is 3. The number of rotatable bonds is 2. The van der Waals surface area contributed by atoms with Gasteiger partial charge in [-0.3, -0.25) is 4.79 Å². The minimum Gasteiger partial charge on any atom is -0.481 e. The Morgan fingerprint density at radius 2 is 2.06 bits per heavy atom. The fraction of sp³-hybridized carbons (Fsp3) is 0.182. The second-order valence-electron chi connectivity index (χ2n) is 3.50. The molecule has 0 aliphatic heterocycles. The maximum Gasteiger partial charge on any atom is 0.417 e. The molecule has 1 aromatic carbocycles. The lowest BCUT2D eigenvalue weighted by molar-refractivity contribution is -0.137. The summed E-state index contributed by atoms with van der Waals surface area (Å²) < 4.78 is 38.1. The number of fused-ring (bicyclic) bond motifs is 1. The Balaban J connectivity index is 2.57. The topological polar surface area (TPSA) is 37.3 Å². The van der Waals surface area contributed by atoms with E-state index in [1.165, 1.54) is 12.1 Å². The third kappa shape index (κ3) is 2.41. The van der Waals surface area contributed by atoms with E-state index in [2.05, 4.69) is 0 Å². The van der Waals surface area contributed by atoms with Crippen LogP contribution in [0.3, 0.4) is 0 Å². The zero-order valence-electron chi connectivity index (χ0n) is 8.41. The van der Waals surface area contributed by atoms with Crippen molar-refractivity contribution in [3.05, 3.63) is 34.7 Å². The Morgan fingerprint density at radius 1 is 1.35 bits per heavy atom. The number of hydrogen-bond acceptors (Lipinski definition) is 2. The van der Waals surface area contributed by atoms with Crippen LogP contribution in [0.5, 0.6) is 0 Å². The van der Waals surface area contributed by atoms with Crippen LogP contribution in [0.15, 0.2) is 24.3 Å². The molecule has 2 aromatic rings. The SMILES string of the molecule is O=C(O)Cc1cc2cccc(C(F)(F)F)c2s1. The lowest BCUT2D eigenvalue weighted by Gasteiger charge is -2.06. The van der Waals surface area contributed by atoms with Crippen molar-refractivity contribution in [2.24, 2.45) is 0 Å². The minimum atomic E-state index is -4.41. The number of thiophene rings is 1. The Hall–Kier alpha value is -1.56. The van der Waals surface area contributed by atoms with Crippen molar-refractivity contribution in [2.45, 2.75) is 12.6 Å². The molecule has 1 N–H and O–H groups in total. The predicted octanol–water partition coefficient (Wildman–Crippen LogP) is 3.55. The maximum atomic E-state index is 12.7. The largest absolute Gasteiger partial charge is 0.481 e. The molecule has 0 spiro atoms. The van der Waals surface area contributed by atoms with Gasteiger partial charge >= 0.3 is 12.1 Å². The Labute approximate surface area is 98.3 Å². The van der Waals surface area contributed by atoms with Crippen LogP contribution < -0.4 is 0 Å². The summed E-state index contributed by atoms with van der Waals surface area (Å²) in [7, 11) is 0. The molecule has 1 heterocycles. The van der Waals surface area contributed by atoms with Crippen molar-refractivity contribution in [1.29, 1.82) is 0 Å². The van der Waals surface area contributed by atoms with Crippen LogP contribution in [-0.2, 0) is 17.4 Å². The molecule has 1 aromatic heterocycles. The first-order valence-electron chi connectivity index (χ1n) is 4.68. The summed E-state index contributed by atoms with van der Waals surface area (Å²) in [6.07, 6.45) is -4.67. The van der Waals surface area contributed by atoms with Crippen molar-refractivity contribution in [2.75, 3.05) is 0 Å². The van der Waals surface area contributed by atoms with Crippen LogP contribution >= 0.6 is 11.3 Å². The van der Waals surface area contributed by atoms with Crippen LogP contribution in [0.1, 0.15) is 10.4 Å². The highest BCUT2D eigenvalue weighted by Gasteiger charge is 2.33. The quantitative estimate of drug-likeness (QED) is 0.896. The van der Waals surface area contributed by atoms with Crippen molar-refractivity contribution >= 4 is 27.4 Å². The molecule has 0 aliphatic rings. The van der Waals surface area contributed by atoms with Gasteiger partial charge in [0.15, 0.2) is 0 Å². The summed E-state index contributed by atoms with van der Waals surface area (Å²) in [5, 5.41) is 9.04. The summed E-state index contributed by atoms with van der Waals surface area (Å²) >= 11 is 0.878. The maximum absolute atomic E-state index is 12.7. The average molecular weight is 260 g/mol. The summed E-state index contributed by atoms with van der Waals surface area (Å²) in [4.78, 5) is 10.9. The summed E-state index contributed by atoms with van der Waals surface area (Å²) in [5.74, 6) is -1.05. The van der Waals surface area contributed by atoms with Crippen LogP contribution in [0.25, 0.3) is 10.1 Å². The molecule has 0 bridgehead atoms. The van der Waals surface area contributed by atoms with Gasteiger partial charge in [-0.2, -0.15) is 13.2 Å². The second-order valence-corrected chi connectivity index (χ2v) is 4.64. The summed E-state index contributed by atoms with van der Waals surface area (Å²) in [6, 6.07) is 5.36. The molecule has 6 heteroatoms. The normalized spacial score (nSPS) is 11.9. The van der Waals surface area contributed by atoms with Crippen molar-refractivity contribution in [3.63, 3.8) is 0 Å². The zero-order chi connectivity index (χ0) is 12.6. The first-order chi connectivity index (χ1) is 7.88. The van der Waals surface area contributed by atoms with Gasteiger partial charge in [0.2, 0.25) is 0 Å². The molecule has 2 rings (SSSR count). The van der Waals surface area contributed by atoms with E-state index in [-0.39, 0.29) is 11.1 Å². The predicted molar refractivity (Wildman–Crippen MR) is 58.2 cm³/mol. The lowest BCUT2D eigenvalue weighted by atomic mass is 10.1. The highest BCUT2D eigenvalue weighted by Crippen LogP contribution is 2.38. The van der Waals surface area contributed by atoms with Gasteiger partial charge in [0.25, 0.3) is 0 Å². The number of carbonyl (C=O) groups is 1. The second kappa shape index (κ2) is 4.03. The van der Waals surface area contributed by atoms with Crippen LogP contribution in [0.4, 0.5) is 13.2 Å². The molecular formula is C11H7F3O2S. The Kier molecular flexibility index (Phi) is 2.82. The number of halogens is 3. The van der Waals surface area contributed by atoms with Crippen LogP contribution in [0.2, 0.25) is 0 Å². The lowest BCUT2D eigenvalue weighted by Crippen LogP contribution is -2.04. The van der Waals surface area contributed by atoms with E-state index in [4.69, 9.17) is 5.11 Å². The highest BCUT2D eigenvalue weighted by molar-refractivity contribution is 7.19. The van der Waals surface area contributed by atoms with Gasteiger partial charge in [0.05, 0.1) is 12.0 Å². The molecule has 0 amide bonds. The van der Waals surface area contributed by atoms with Gasteiger partial charge in [-0.05, 0) is 17.5 Å². The van der Waals surface area contributed by atoms with Crippen molar-refractivity contribution < 1.29 is 23.1 Å². The van der Waals surface area contributed by atoms with E-state index in [1.54, 1.807) is 6.07 Å². The van der Waals surface area contributed by atoms with E-state index >= 15 is 0 Å². The third-order valence-electron chi connectivity index (χ3n) is 2.23. The molecule has 0 radical (unpaired) electrons. The Morgan fingerprint density at radius 3 is 2.65 bits per heavy atom. The summed E-state index contributed by atoms with van der Waals surface area (Å²) in [6.45, 7) is 0. The fourth-order valence-electron chi connectivity index (χ4n) is 1.58. The van der Waals surface area contributed by atoms with Crippen LogP contribution in [-0.4, -0.2) is 11.1 Å².